The second-order valence-electron chi connectivity index (χ2n) is 12.3. The van der Waals surface area contributed by atoms with Crippen molar-refractivity contribution in [2.75, 3.05) is 0 Å². The van der Waals surface area contributed by atoms with E-state index in [-0.39, 0.29) is 5.78 Å². The van der Waals surface area contributed by atoms with E-state index in [1.807, 2.05) is 79.7 Å². The highest BCUT2D eigenvalue weighted by Crippen LogP contribution is 2.49. The fourth-order valence-corrected chi connectivity index (χ4v) is 9.12. The molecule has 0 unspecified atom stereocenters. The van der Waals surface area contributed by atoms with Gasteiger partial charge < -0.3 is 5.11 Å². The van der Waals surface area contributed by atoms with Crippen molar-refractivity contribution in [2.24, 2.45) is 0 Å². The fraction of sp³-hybridized carbons (Fsp3) is 0.0976. The largest absolute Gasteiger partial charge is 0.381 e. The van der Waals surface area contributed by atoms with Gasteiger partial charge in [-0.1, -0.05) is 139 Å². The summed E-state index contributed by atoms with van der Waals surface area (Å²) in [6, 6.07) is 36.8. The molecule has 3 aliphatic rings. The molecule has 1 N–H and O–H groups in total. The van der Waals surface area contributed by atoms with Crippen LogP contribution in [-0.2, 0) is 5.60 Å². The maximum atomic E-state index is 12.2. The highest BCUT2D eigenvalue weighted by atomic mass is 79.9. The third-order valence-corrected chi connectivity index (χ3v) is 12.3. The van der Waals surface area contributed by atoms with Gasteiger partial charge >= 0.3 is 0 Å². The molecule has 0 heterocycles. The molecule has 244 valence electrons. The molecule has 0 spiro atoms. The lowest BCUT2D eigenvalue weighted by Gasteiger charge is -2.20. The molecule has 6 aromatic carbocycles. The smallest absolute Gasteiger partial charge is 0.194 e. The number of aliphatic hydroxyl groups is 1. The van der Waals surface area contributed by atoms with Gasteiger partial charge in [0.05, 0.1) is 0 Å². The van der Waals surface area contributed by atoms with Crippen molar-refractivity contribution in [3.63, 3.8) is 0 Å². The molecule has 0 atom stereocenters. The summed E-state index contributed by atoms with van der Waals surface area (Å²) in [6.45, 7) is 4.11. The summed E-state index contributed by atoms with van der Waals surface area (Å²) in [5.74, 6) is 0.590. The van der Waals surface area contributed by atoms with Crippen LogP contribution in [0.2, 0.25) is 0 Å². The Kier molecular flexibility index (Phi) is 9.89. The van der Waals surface area contributed by atoms with E-state index in [2.05, 4.69) is 139 Å². The Balaban J connectivity index is 0.000000116. The molecule has 0 aliphatic heterocycles. The number of benzene rings is 6. The second kappa shape index (κ2) is 13.8. The molecule has 6 aromatic rings. The van der Waals surface area contributed by atoms with Gasteiger partial charge in [0, 0.05) is 43.9 Å². The number of hydrogen-bond acceptors (Lipinski definition) is 2. The minimum Gasteiger partial charge on any atom is -0.381 e. The van der Waals surface area contributed by atoms with Gasteiger partial charge in [-0.2, -0.15) is 0 Å². The van der Waals surface area contributed by atoms with Crippen LogP contribution in [0.4, 0.5) is 0 Å². The van der Waals surface area contributed by atoms with Crippen LogP contribution in [0.1, 0.15) is 57.9 Å². The predicted molar refractivity (Wildman–Crippen MR) is 221 cm³/mol. The number of halogens is 6. The van der Waals surface area contributed by atoms with Crippen molar-refractivity contribution in [1.82, 2.24) is 0 Å². The Hall–Kier alpha value is -2.17. The Labute approximate surface area is 336 Å². The van der Waals surface area contributed by atoms with Gasteiger partial charge in [0.1, 0.15) is 5.60 Å². The zero-order valence-corrected chi connectivity index (χ0v) is 35.6. The molecular weight excluding hydrogens is 1000 g/mol. The van der Waals surface area contributed by atoms with Crippen LogP contribution in [0, 0.1) is 0 Å². The molecule has 3 aliphatic carbocycles. The van der Waals surface area contributed by atoms with Crippen molar-refractivity contribution < 1.29 is 9.90 Å². The van der Waals surface area contributed by atoms with Crippen molar-refractivity contribution in [3.05, 3.63) is 169 Å². The second-order valence-corrected chi connectivity index (χ2v) is 17.8. The van der Waals surface area contributed by atoms with Crippen LogP contribution < -0.4 is 0 Å². The Morgan fingerprint density at radius 1 is 0.449 bits per heavy atom. The SMILES string of the molecule is CC1(O)c2cc(Br)ccc2-c2ccc(Br)cc21.CC1c2cc(Br)ccc2-c2ccc(Br)cc21.O=C1c2cc(Br)ccc2-c2ccc(Br)cc21. The Morgan fingerprint density at radius 3 is 1.14 bits per heavy atom. The Bertz CT molecular complexity index is 2170. The van der Waals surface area contributed by atoms with Crippen molar-refractivity contribution in [1.29, 1.82) is 0 Å². The zero-order valence-electron chi connectivity index (χ0n) is 26.1. The average Bonchev–Trinajstić information content (AvgIpc) is 3.58. The first kappa shape index (κ1) is 35.2. The molecule has 49 heavy (non-hydrogen) atoms. The van der Waals surface area contributed by atoms with Crippen LogP contribution in [0.3, 0.4) is 0 Å². The van der Waals surface area contributed by atoms with E-state index in [0.717, 1.165) is 71.3 Å². The summed E-state index contributed by atoms with van der Waals surface area (Å²) in [6.07, 6.45) is 0. The van der Waals surface area contributed by atoms with Gasteiger partial charge in [-0.15, -0.1) is 0 Å². The average molecular weight is 1030 g/mol. The topological polar surface area (TPSA) is 37.3 Å². The van der Waals surface area contributed by atoms with E-state index >= 15 is 0 Å². The molecule has 0 radical (unpaired) electrons. The number of carbonyl (C=O) groups excluding carboxylic acids is 1. The standard InChI is InChI=1S/C14H10Br2O.C14H10Br2.C13H6Br2O/c1-14(17)12-6-8(15)2-4-10(12)11-5-3-9(16)7-13(11)14;1-8-13-6-9(15)2-4-11(13)12-5-3-10(16)7-14(8)12;14-7-1-3-9-10-4-2-8(15)6-12(10)13(16)11(9)5-7/h2-7,17H,1H3;2-8H,1H3;1-6H. The first-order chi connectivity index (χ1) is 23.3. The van der Waals surface area contributed by atoms with Crippen LogP contribution in [-0.4, -0.2) is 10.9 Å². The van der Waals surface area contributed by atoms with Crippen LogP contribution in [0.25, 0.3) is 33.4 Å². The van der Waals surface area contributed by atoms with E-state index in [4.69, 9.17) is 0 Å². The molecule has 0 amide bonds. The third kappa shape index (κ3) is 6.56. The van der Waals surface area contributed by atoms with Gasteiger partial charge in [-0.3, -0.25) is 4.79 Å². The monoisotopic (exact) mass is 1020 g/mol. The minimum atomic E-state index is -0.918. The molecule has 0 saturated carbocycles. The van der Waals surface area contributed by atoms with Gasteiger partial charge in [0.15, 0.2) is 5.78 Å². The molecule has 0 bridgehead atoms. The zero-order chi connectivity index (χ0) is 34.8. The first-order valence-electron chi connectivity index (χ1n) is 15.4. The number of ketones is 1. The normalized spacial score (nSPS) is 13.9. The summed E-state index contributed by atoms with van der Waals surface area (Å²) in [5.41, 5.74) is 12.4. The van der Waals surface area contributed by atoms with E-state index < -0.39 is 5.60 Å². The molecule has 8 heteroatoms. The molecule has 0 aromatic heterocycles. The maximum absolute atomic E-state index is 12.2. The van der Waals surface area contributed by atoms with E-state index in [1.54, 1.807) is 0 Å². The van der Waals surface area contributed by atoms with E-state index in [9.17, 15) is 9.90 Å². The summed E-state index contributed by atoms with van der Waals surface area (Å²) >= 11 is 20.8. The van der Waals surface area contributed by atoms with Gasteiger partial charge in [0.2, 0.25) is 0 Å². The van der Waals surface area contributed by atoms with Crippen molar-refractivity contribution in [3.8, 4) is 33.4 Å². The lowest BCUT2D eigenvalue weighted by molar-refractivity contribution is 0.104. The summed E-state index contributed by atoms with van der Waals surface area (Å²) in [4.78, 5) is 12.2. The molecular formula is C41H26Br6O2. The molecule has 9 rings (SSSR count). The maximum Gasteiger partial charge on any atom is 0.194 e. The fourth-order valence-electron chi connectivity index (χ4n) is 6.92. The molecule has 2 nitrogen and oxygen atoms in total. The number of hydrogen-bond donors (Lipinski definition) is 1. The Morgan fingerprint density at radius 2 is 0.755 bits per heavy atom. The number of fused-ring (bicyclic) bond motifs is 9. The third-order valence-electron chi connectivity index (χ3n) is 9.30. The highest BCUT2D eigenvalue weighted by molar-refractivity contribution is 9.11. The van der Waals surface area contributed by atoms with E-state index in [0.29, 0.717) is 5.92 Å². The first-order valence-corrected chi connectivity index (χ1v) is 20.2. The summed E-state index contributed by atoms with van der Waals surface area (Å²) in [5, 5.41) is 10.7. The lowest BCUT2D eigenvalue weighted by Crippen LogP contribution is -2.19. The van der Waals surface area contributed by atoms with Gasteiger partial charge in [0.25, 0.3) is 0 Å². The number of carbonyl (C=O) groups is 1. The predicted octanol–water partition coefficient (Wildman–Crippen LogP) is 14.2. The van der Waals surface area contributed by atoms with Gasteiger partial charge in [-0.05, 0) is 135 Å². The molecule has 0 saturated heterocycles. The minimum absolute atomic E-state index is 0.104. The van der Waals surface area contributed by atoms with Crippen molar-refractivity contribution in [2.45, 2.75) is 25.4 Å². The summed E-state index contributed by atoms with van der Waals surface area (Å²) in [7, 11) is 0. The highest BCUT2D eigenvalue weighted by Gasteiger charge is 2.37. The van der Waals surface area contributed by atoms with E-state index in [1.165, 1.54) is 22.3 Å². The number of rotatable bonds is 0. The van der Waals surface area contributed by atoms with Crippen LogP contribution in [0.5, 0.6) is 0 Å². The van der Waals surface area contributed by atoms with Crippen molar-refractivity contribution >= 4 is 101 Å². The summed E-state index contributed by atoms with van der Waals surface area (Å²) < 4.78 is 6.17. The lowest BCUT2D eigenvalue weighted by atomic mass is 9.94. The quantitative estimate of drug-likeness (QED) is 0.164. The molecule has 0 fully saturated rings. The van der Waals surface area contributed by atoms with Crippen LogP contribution in [0.15, 0.2) is 136 Å². The van der Waals surface area contributed by atoms with Gasteiger partial charge in [-0.25, -0.2) is 0 Å². The van der Waals surface area contributed by atoms with Crippen LogP contribution >= 0.6 is 95.6 Å².